The molecule has 1 aliphatic heterocycles. The Morgan fingerprint density at radius 3 is 2.50 bits per heavy atom. The van der Waals surface area contributed by atoms with E-state index < -0.39 is 11.7 Å². The third-order valence-corrected chi connectivity index (χ3v) is 5.32. The highest BCUT2D eigenvalue weighted by Crippen LogP contribution is 2.32. The van der Waals surface area contributed by atoms with Gasteiger partial charge in [0.15, 0.2) is 0 Å². The van der Waals surface area contributed by atoms with Crippen molar-refractivity contribution in [3.8, 4) is 11.5 Å². The number of nitrogens with zero attached hydrogens (tertiary/aromatic N) is 3. The molecule has 152 valence electrons. The molecule has 0 radical (unpaired) electrons. The molecule has 28 heavy (non-hydrogen) atoms. The van der Waals surface area contributed by atoms with Crippen molar-refractivity contribution in [2.24, 2.45) is 5.92 Å². The molecule has 8 heteroatoms. The van der Waals surface area contributed by atoms with Crippen molar-refractivity contribution in [3.63, 3.8) is 0 Å². The van der Waals surface area contributed by atoms with Crippen molar-refractivity contribution in [3.05, 3.63) is 35.7 Å². The lowest BCUT2D eigenvalue weighted by Crippen LogP contribution is -2.42. The number of hydrogen-bond donors (Lipinski definition) is 0. The van der Waals surface area contributed by atoms with Crippen molar-refractivity contribution in [1.82, 2.24) is 15.1 Å². The molecule has 2 aromatic rings. The lowest BCUT2D eigenvalue weighted by Gasteiger charge is -2.33. The standard InChI is InChI=1S/C20H24F3N3O2/c1-3-13(4-2)19(27)26-11-5-6-15(12-26)18-25-24-17(28-18)14-7-9-16(10-8-14)20(21,22)23/h7-10,13,15H,3-6,11-12H2,1-2H3. The van der Waals surface area contributed by atoms with Gasteiger partial charge in [0.2, 0.25) is 17.7 Å². The Hall–Kier alpha value is -2.38. The largest absolute Gasteiger partial charge is 0.420 e. The Morgan fingerprint density at radius 1 is 1.21 bits per heavy atom. The molecule has 1 amide bonds. The molecule has 1 aromatic carbocycles. The molecule has 1 aliphatic rings. The van der Waals surface area contributed by atoms with Crippen molar-refractivity contribution in [1.29, 1.82) is 0 Å². The summed E-state index contributed by atoms with van der Waals surface area (Å²) in [5, 5.41) is 8.08. The van der Waals surface area contributed by atoms with Gasteiger partial charge in [0.25, 0.3) is 0 Å². The first-order chi connectivity index (χ1) is 13.3. The number of likely N-dealkylation sites (tertiary alicyclic amines) is 1. The molecular formula is C20H24F3N3O2. The highest BCUT2D eigenvalue weighted by atomic mass is 19.4. The predicted molar refractivity (Wildman–Crippen MR) is 97.4 cm³/mol. The fraction of sp³-hybridized carbons (Fsp3) is 0.550. The fourth-order valence-corrected chi connectivity index (χ4v) is 3.59. The molecule has 2 heterocycles. The number of alkyl halides is 3. The number of aromatic nitrogens is 2. The van der Waals surface area contributed by atoms with Crippen LogP contribution >= 0.6 is 0 Å². The highest BCUT2D eigenvalue weighted by Gasteiger charge is 2.32. The van der Waals surface area contributed by atoms with E-state index in [4.69, 9.17) is 4.42 Å². The quantitative estimate of drug-likeness (QED) is 0.723. The van der Waals surface area contributed by atoms with Crippen LogP contribution in [0.2, 0.25) is 0 Å². The Morgan fingerprint density at radius 2 is 1.89 bits per heavy atom. The summed E-state index contributed by atoms with van der Waals surface area (Å²) < 4.78 is 43.8. The number of halogens is 3. The van der Waals surface area contributed by atoms with Crippen LogP contribution in [0.4, 0.5) is 13.2 Å². The molecule has 0 spiro atoms. The summed E-state index contributed by atoms with van der Waals surface area (Å²) in [4.78, 5) is 14.5. The van der Waals surface area contributed by atoms with Crippen LogP contribution in [-0.2, 0) is 11.0 Å². The molecule has 3 rings (SSSR count). The van der Waals surface area contributed by atoms with Gasteiger partial charge in [0.1, 0.15) is 0 Å². The average molecular weight is 395 g/mol. The van der Waals surface area contributed by atoms with E-state index in [1.54, 1.807) is 0 Å². The zero-order valence-corrected chi connectivity index (χ0v) is 16.0. The number of rotatable bonds is 5. The van der Waals surface area contributed by atoms with E-state index >= 15 is 0 Å². The van der Waals surface area contributed by atoms with E-state index in [-0.39, 0.29) is 23.6 Å². The first-order valence-electron chi connectivity index (χ1n) is 9.63. The van der Waals surface area contributed by atoms with Crippen LogP contribution in [-0.4, -0.2) is 34.1 Å². The highest BCUT2D eigenvalue weighted by molar-refractivity contribution is 5.78. The van der Waals surface area contributed by atoms with Gasteiger partial charge in [-0.15, -0.1) is 10.2 Å². The molecule has 1 atom stereocenters. The molecule has 0 bridgehead atoms. The van der Waals surface area contributed by atoms with Gasteiger partial charge in [-0.2, -0.15) is 13.2 Å². The van der Waals surface area contributed by atoms with Crippen molar-refractivity contribution in [2.45, 2.75) is 51.6 Å². The molecule has 0 aliphatic carbocycles. The minimum Gasteiger partial charge on any atom is -0.420 e. The summed E-state index contributed by atoms with van der Waals surface area (Å²) in [6.07, 6.45) is -1.06. The number of carbonyl (C=O) groups excluding carboxylic acids is 1. The molecule has 1 unspecified atom stereocenters. The van der Waals surface area contributed by atoms with Gasteiger partial charge in [-0.25, -0.2) is 0 Å². The second kappa shape index (κ2) is 8.32. The predicted octanol–water partition coefficient (Wildman–Crippen LogP) is 4.90. The summed E-state index contributed by atoms with van der Waals surface area (Å²) in [5.41, 5.74) is -0.286. The molecule has 1 aromatic heterocycles. The van der Waals surface area contributed by atoms with Crippen LogP contribution in [0.1, 0.15) is 56.9 Å². The monoisotopic (exact) mass is 395 g/mol. The number of hydrogen-bond acceptors (Lipinski definition) is 4. The summed E-state index contributed by atoms with van der Waals surface area (Å²) in [6, 6.07) is 4.64. The Balaban J connectivity index is 1.72. The van der Waals surface area contributed by atoms with Gasteiger partial charge in [-0.1, -0.05) is 13.8 Å². The minimum atomic E-state index is -4.38. The summed E-state index contributed by atoms with van der Waals surface area (Å²) >= 11 is 0. The number of benzene rings is 1. The molecule has 1 saturated heterocycles. The lowest BCUT2D eigenvalue weighted by atomic mass is 9.95. The van der Waals surface area contributed by atoms with Crippen molar-refractivity contribution >= 4 is 5.91 Å². The summed E-state index contributed by atoms with van der Waals surface area (Å²) in [7, 11) is 0. The maximum atomic E-state index is 12.7. The van der Waals surface area contributed by atoms with Crippen LogP contribution < -0.4 is 0 Å². The van der Waals surface area contributed by atoms with Crippen molar-refractivity contribution < 1.29 is 22.4 Å². The van der Waals surface area contributed by atoms with Gasteiger partial charge in [-0.3, -0.25) is 4.79 Å². The lowest BCUT2D eigenvalue weighted by molar-refractivity contribution is -0.138. The SMILES string of the molecule is CCC(CC)C(=O)N1CCCC(c2nnc(-c3ccc(C(F)(F)F)cc3)o2)C1. The van der Waals surface area contributed by atoms with E-state index in [0.717, 1.165) is 44.4 Å². The fourth-order valence-electron chi connectivity index (χ4n) is 3.59. The number of piperidine rings is 1. The summed E-state index contributed by atoms with van der Waals surface area (Å²) in [6.45, 7) is 5.29. The molecule has 0 N–H and O–H groups in total. The molecule has 0 saturated carbocycles. The Kier molecular flexibility index (Phi) is 6.05. The van der Waals surface area contributed by atoms with Crippen LogP contribution in [0.25, 0.3) is 11.5 Å². The van der Waals surface area contributed by atoms with Gasteiger partial charge in [-0.05, 0) is 49.9 Å². The Bertz CT molecular complexity index is 798. The maximum absolute atomic E-state index is 12.7. The van der Waals surface area contributed by atoms with Gasteiger partial charge < -0.3 is 9.32 Å². The zero-order chi connectivity index (χ0) is 20.3. The van der Waals surface area contributed by atoms with E-state index in [1.165, 1.54) is 12.1 Å². The van der Waals surface area contributed by atoms with Gasteiger partial charge >= 0.3 is 6.18 Å². The second-order valence-corrected chi connectivity index (χ2v) is 7.16. The first kappa shape index (κ1) is 20.4. The van der Waals surface area contributed by atoms with E-state index in [9.17, 15) is 18.0 Å². The minimum absolute atomic E-state index is 0.0316. The second-order valence-electron chi connectivity index (χ2n) is 7.16. The third-order valence-electron chi connectivity index (χ3n) is 5.32. The average Bonchev–Trinajstić information content (AvgIpc) is 3.19. The molecule has 1 fully saturated rings. The van der Waals surface area contributed by atoms with Crippen LogP contribution in [0.3, 0.4) is 0 Å². The van der Waals surface area contributed by atoms with Gasteiger partial charge in [0, 0.05) is 24.6 Å². The molecule has 5 nitrogen and oxygen atoms in total. The third kappa shape index (κ3) is 4.36. The van der Waals surface area contributed by atoms with Crippen molar-refractivity contribution in [2.75, 3.05) is 13.1 Å². The van der Waals surface area contributed by atoms with E-state index in [0.29, 0.717) is 18.0 Å². The zero-order valence-electron chi connectivity index (χ0n) is 16.0. The normalized spacial score (nSPS) is 17.9. The van der Waals surface area contributed by atoms with E-state index in [1.807, 2.05) is 18.7 Å². The van der Waals surface area contributed by atoms with Crippen LogP contribution in [0.15, 0.2) is 28.7 Å². The van der Waals surface area contributed by atoms with Crippen LogP contribution in [0.5, 0.6) is 0 Å². The van der Waals surface area contributed by atoms with Crippen LogP contribution in [0, 0.1) is 5.92 Å². The number of amides is 1. The topological polar surface area (TPSA) is 59.2 Å². The summed E-state index contributed by atoms with van der Waals surface area (Å²) in [5.74, 6) is 0.758. The van der Waals surface area contributed by atoms with E-state index in [2.05, 4.69) is 10.2 Å². The maximum Gasteiger partial charge on any atom is 0.416 e. The van der Waals surface area contributed by atoms with Gasteiger partial charge in [0.05, 0.1) is 11.5 Å². The smallest absolute Gasteiger partial charge is 0.416 e. The first-order valence-corrected chi connectivity index (χ1v) is 9.63. The molecular weight excluding hydrogens is 371 g/mol. The number of carbonyl (C=O) groups is 1. The Labute approximate surface area is 161 Å².